The second kappa shape index (κ2) is 5.34. The topological polar surface area (TPSA) is 29.9 Å². The molecule has 0 amide bonds. The van der Waals surface area contributed by atoms with Gasteiger partial charge in [0.25, 0.3) is 0 Å². The van der Waals surface area contributed by atoms with E-state index in [0.717, 1.165) is 12.6 Å². The fourth-order valence-electron chi connectivity index (χ4n) is 1.85. The van der Waals surface area contributed by atoms with Crippen LogP contribution in [0.3, 0.4) is 0 Å². The van der Waals surface area contributed by atoms with Gasteiger partial charge in [-0.1, -0.05) is 12.1 Å². The van der Waals surface area contributed by atoms with Gasteiger partial charge >= 0.3 is 6.18 Å². The molecule has 0 unspecified atom stereocenters. The average molecular weight is 269 g/mol. The molecule has 0 spiro atoms. The van der Waals surface area contributed by atoms with E-state index in [-0.39, 0.29) is 12.2 Å². The quantitative estimate of drug-likeness (QED) is 0.920. The Morgan fingerprint density at radius 2 is 2.00 bits per heavy atom. The minimum atomic E-state index is -4.36. The highest BCUT2D eigenvalue weighted by Crippen LogP contribution is 2.34. The molecule has 0 fully saturated rings. The van der Waals surface area contributed by atoms with Gasteiger partial charge in [-0.25, -0.2) is 4.98 Å². The van der Waals surface area contributed by atoms with E-state index in [1.165, 1.54) is 12.1 Å². The van der Waals surface area contributed by atoms with Crippen molar-refractivity contribution in [3.63, 3.8) is 0 Å². The van der Waals surface area contributed by atoms with Gasteiger partial charge in [-0.05, 0) is 19.1 Å². The lowest BCUT2D eigenvalue weighted by atomic mass is 10.1. The summed E-state index contributed by atoms with van der Waals surface area (Å²) < 4.78 is 40.3. The van der Waals surface area contributed by atoms with Gasteiger partial charge < -0.3 is 9.88 Å². The summed E-state index contributed by atoms with van der Waals surface area (Å²) in [6.45, 7) is 2.95. The molecule has 0 saturated heterocycles. The van der Waals surface area contributed by atoms with E-state index >= 15 is 0 Å². The van der Waals surface area contributed by atoms with Crippen LogP contribution in [0.4, 0.5) is 18.9 Å². The average Bonchev–Trinajstić information content (AvgIpc) is 2.83. The van der Waals surface area contributed by atoms with Gasteiger partial charge in [0.15, 0.2) is 0 Å². The second-order valence-electron chi connectivity index (χ2n) is 4.03. The Bertz CT molecular complexity index is 546. The van der Waals surface area contributed by atoms with E-state index in [9.17, 15) is 13.2 Å². The molecule has 0 aliphatic carbocycles. The summed E-state index contributed by atoms with van der Waals surface area (Å²) in [4.78, 5) is 4.11. The molecule has 1 aromatic heterocycles. The molecule has 2 rings (SSSR count). The maximum Gasteiger partial charge on any atom is 0.418 e. The highest BCUT2D eigenvalue weighted by Gasteiger charge is 2.33. The lowest BCUT2D eigenvalue weighted by molar-refractivity contribution is -0.137. The summed E-state index contributed by atoms with van der Waals surface area (Å²) in [6, 6.07) is 5.43. The molecule has 0 radical (unpaired) electrons. The van der Waals surface area contributed by atoms with Gasteiger partial charge in [-0.15, -0.1) is 0 Å². The molecule has 6 heteroatoms. The van der Waals surface area contributed by atoms with Gasteiger partial charge in [-0.3, -0.25) is 0 Å². The number of benzene rings is 1. The Hall–Kier alpha value is -1.98. The third-order valence-electron chi connectivity index (χ3n) is 2.81. The zero-order valence-electron chi connectivity index (χ0n) is 10.4. The van der Waals surface area contributed by atoms with Gasteiger partial charge in [0.1, 0.15) is 5.82 Å². The van der Waals surface area contributed by atoms with Gasteiger partial charge in [0.05, 0.1) is 12.1 Å². The second-order valence-corrected chi connectivity index (χ2v) is 4.03. The van der Waals surface area contributed by atoms with Crippen LogP contribution in [0.5, 0.6) is 0 Å². The first-order valence-corrected chi connectivity index (χ1v) is 5.92. The maximum atomic E-state index is 12.8. The molecule has 0 saturated carbocycles. The number of rotatable bonds is 4. The summed E-state index contributed by atoms with van der Waals surface area (Å²) in [6.07, 6.45) is -0.924. The Kier molecular flexibility index (Phi) is 3.78. The van der Waals surface area contributed by atoms with E-state index in [0.29, 0.717) is 5.82 Å². The molecule has 19 heavy (non-hydrogen) atoms. The third-order valence-corrected chi connectivity index (χ3v) is 2.81. The number of imidazole rings is 1. The molecule has 0 aliphatic rings. The maximum absolute atomic E-state index is 12.8. The Morgan fingerprint density at radius 3 is 2.68 bits per heavy atom. The number of halogens is 3. The molecule has 0 atom stereocenters. The number of aryl methyl sites for hydroxylation is 1. The molecule has 3 nitrogen and oxygen atoms in total. The van der Waals surface area contributed by atoms with Crippen molar-refractivity contribution in [2.75, 3.05) is 5.32 Å². The zero-order chi connectivity index (χ0) is 13.9. The van der Waals surface area contributed by atoms with E-state index in [1.807, 2.05) is 11.5 Å². The minimum absolute atomic E-state index is 0.0700. The lowest BCUT2D eigenvalue weighted by Gasteiger charge is -2.14. The van der Waals surface area contributed by atoms with Crippen LogP contribution in [0.1, 0.15) is 18.3 Å². The number of aromatic nitrogens is 2. The van der Waals surface area contributed by atoms with Crippen molar-refractivity contribution in [2.45, 2.75) is 26.2 Å². The van der Waals surface area contributed by atoms with Crippen LogP contribution in [0, 0.1) is 0 Å². The molecule has 2 aromatic rings. The fourth-order valence-corrected chi connectivity index (χ4v) is 1.85. The van der Waals surface area contributed by atoms with Crippen molar-refractivity contribution in [1.82, 2.24) is 9.55 Å². The molecule has 0 bridgehead atoms. The fraction of sp³-hybridized carbons (Fsp3) is 0.308. The molecule has 1 heterocycles. The number of nitrogens with one attached hydrogen (secondary N) is 1. The standard InChI is InChI=1S/C13H14F3N3/c1-2-19-8-7-17-12(19)9-18-11-6-4-3-5-10(11)13(14,15)16/h3-8,18H,2,9H2,1H3. The lowest BCUT2D eigenvalue weighted by Crippen LogP contribution is -2.12. The van der Waals surface area contributed by atoms with Crippen LogP contribution in [-0.4, -0.2) is 9.55 Å². The first kappa shape index (κ1) is 13.5. The predicted molar refractivity (Wildman–Crippen MR) is 66.7 cm³/mol. The molecule has 1 N–H and O–H groups in total. The summed E-state index contributed by atoms with van der Waals surface area (Å²) in [7, 11) is 0. The highest BCUT2D eigenvalue weighted by atomic mass is 19.4. The predicted octanol–water partition coefficient (Wildman–Crippen LogP) is 3.53. The van der Waals surface area contributed by atoms with Crippen LogP contribution < -0.4 is 5.32 Å². The van der Waals surface area contributed by atoms with Gasteiger partial charge in [0.2, 0.25) is 0 Å². The summed E-state index contributed by atoms with van der Waals surface area (Å²) in [5, 5.41) is 2.79. The minimum Gasteiger partial charge on any atom is -0.377 e. The van der Waals surface area contributed by atoms with E-state index in [4.69, 9.17) is 0 Å². The SMILES string of the molecule is CCn1ccnc1CNc1ccccc1C(F)(F)F. The molecular weight excluding hydrogens is 255 g/mol. The summed E-state index contributed by atoms with van der Waals surface area (Å²) in [5.74, 6) is 0.708. The largest absolute Gasteiger partial charge is 0.418 e. The molecule has 102 valence electrons. The van der Waals surface area contributed by atoms with Gasteiger partial charge in [0, 0.05) is 24.6 Å². The first-order chi connectivity index (χ1) is 9.02. The summed E-state index contributed by atoms with van der Waals surface area (Å²) in [5.41, 5.74) is -0.592. The number of anilines is 1. The normalized spacial score (nSPS) is 11.6. The van der Waals surface area contributed by atoms with Crippen molar-refractivity contribution < 1.29 is 13.2 Å². The van der Waals surface area contributed by atoms with Crippen molar-refractivity contribution >= 4 is 5.69 Å². The summed E-state index contributed by atoms with van der Waals surface area (Å²) >= 11 is 0. The number of alkyl halides is 3. The van der Waals surface area contributed by atoms with Crippen molar-refractivity contribution in [3.8, 4) is 0 Å². The van der Waals surface area contributed by atoms with Crippen LogP contribution in [0.15, 0.2) is 36.7 Å². The van der Waals surface area contributed by atoms with Crippen molar-refractivity contribution in [3.05, 3.63) is 48.0 Å². The monoisotopic (exact) mass is 269 g/mol. The Labute approximate surface area is 109 Å². The third kappa shape index (κ3) is 3.07. The van der Waals surface area contributed by atoms with E-state index in [1.54, 1.807) is 18.5 Å². The van der Waals surface area contributed by atoms with Crippen molar-refractivity contribution in [2.24, 2.45) is 0 Å². The van der Waals surface area contributed by atoms with Crippen molar-refractivity contribution in [1.29, 1.82) is 0 Å². The smallest absolute Gasteiger partial charge is 0.377 e. The zero-order valence-corrected chi connectivity index (χ0v) is 10.4. The van der Waals surface area contributed by atoms with Crippen LogP contribution >= 0.6 is 0 Å². The Balaban J connectivity index is 2.16. The van der Waals surface area contributed by atoms with Crippen LogP contribution in [-0.2, 0) is 19.3 Å². The van der Waals surface area contributed by atoms with E-state index in [2.05, 4.69) is 10.3 Å². The highest BCUT2D eigenvalue weighted by molar-refractivity contribution is 5.52. The number of hydrogen-bond acceptors (Lipinski definition) is 2. The molecular formula is C13H14F3N3. The molecule has 0 aliphatic heterocycles. The number of nitrogens with zero attached hydrogens (tertiary/aromatic N) is 2. The van der Waals surface area contributed by atoms with Gasteiger partial charge in [-0.2, -0.15) is 13.2 Å². The van der Waals surface area contributed by atoms with Crippen LogP contribution in [0.2, 0.25) is 0 Å². The first-order valence-electron chi connectivity index (χ1n) is 5.92. The Morgan fingerprint density at radius 1 is 1.26 bits per heavy atom. The van der Waals surface area contributed by atoms with Crippen LogP contribution in [0.25, 0.3) is 0 Å². The number of hydrogen-bond donors (Lipinski definition) is 1. The number of para-hydroxylation sites is 1. The molecule has 1 aromatic carbocycles. The van der Waals surface area contributed by atoms with E-state index < -0.39 is 11.7 Å².